The molecule has 0 spiro atoms. The monoisotopic (exact) mass is 297 g/mol. The van der Waals surface area contributed by atoms with Gasteiger partial charge in [0.25, 0.3) is 0 Å². The van der Waals surface area contributed by atoms with Gasteiger partial charge in [0.2, 0.25) is 0 Å². The van der Waals surface area contributed by atoms with Gasteiger partial charge >= 0.3 is 5.97 Å². The molecule has 0 aromatic heterocycles. The zero-order valence-electron chi connectivity index (χ0n) is 13.1. The second-order valence-electron chi connectivity index (χ2n) is 6.11. The van der Waals surface area contributed by atoms with Crippen LogP contribution in [0, 0.1) is 23.2 Å². The van der Waals surface area contributed by atoms with Crippen molar-refractivity contribution in [2.24, 2.45) is 11.8 Å². The third kappa shape index (κ3) is 4.21. The van der Waals surface area contributed by atoms with E-state index in [9.17, 15) is 9.90 Å². The number of aryl methyl sites for hydroxylation is 1. The molecule has 1 fully saturated rings. The summed E-state index contributed by atoms with van der Waals surface area (Å²) in [4.78, 5) is 11.2. The molecule has 1 aliphatic rings. The summed E-state index contributed by atoms with van der Waals surface area (Å²) in [5, 5.41) is 18.0. The number of allylic oxidation sites excluding steroid dienone is 1. The van der Waals surface area contributed by atoms with Crippen LogP contribution < -0.4 is 0 Å². The van der Waals surface area contributed by atoms with E-state index in [2.05, 4.69) is 6.07 Å². The first-order valence-electron chi connectivity index (χ1n) is 8.02. The lowest BCUT2D eigenvalue weighted by atomic mass is 9.76. The number of rotatable bonds is 5. The minimum absolute atomic E-state index is 0.230. The molecular weight excluding hydrogens is 274 g/mol. The minimum Gasteiger partial charge on any atom is -0.478 e. The van der Waals surface area contributed by atoms with Gasteiger partial charge in [0, 0.05) is 5.57 Å². The van der Waals surface area contributed by atoms with Crippen molar-refractivity contribution < 1.29 is 9.90 Å². The molecule has 3 heteroatoms. The lowest BCUT2D eigenvalue weighted by Gasteiger charge is -2.29. The largest absolute Gasteiger partial charge is 0.478 e. The van der Waals surface area contributed by atoms with Gasteiger partial charge < -0.3 is 5.11 Å². The van der Waals surface area contributed by atoms with Gasteiger partial charge in [-0.25, -0.2) is 4.79 Å². The summed E-state index contributed by atoms with van der Waals surface area (Å²) in [5.41, 5.74) is 2.57. The zero-order chi connectivity index (χ0) is 15.9. The normalized spacial score (nSPS) is 22.1. The van der Waals surface area contributed by atoms with Gasteiger partial charge in [-0.05, 0) is 75.0 Å². The minimum atomic E-state index is -0.761. The van der Waals surface area contributed by atoms with Crippen molar-refractivity contribution in [3.63, 3.8) is 0 Å². The number of carboxylic acids is 1. The SMILES string of the molecule is CC=C(C(=O)O)[C@H]1CC[C@H](CCc2ccc(C#N)cc2)CC1. The Bertz CT molecular complexity index is 572. The van der Waals surface area contributed by atoms with Crippen LogP contribution in [0.5, 0.6) is 0 Å². The second-order valence-corrected chi connectivity index (χ2v) is 6.11. The van der Waals surface area contributed by atoms with Gasteiger partial charge in [0.05, 0.1) is 11.6 Å². The van der Waals surface area contributed by atoms with Crippen LogP contribution in [0.1, 0.15) is 50.2 Å². The predicted molar refractivity (Wildman–Crippen MR) is 86.3 cm³/mol. The van der Waals surface area contributed by atoms with Crippen molar-refractivity contribution in [3.05, 3.63) is 47.0 Å². The van der Waals surface area contributed by atoms with E-state index in [-0.39, 0.29) is 5.92 Å². The molecule has 0 amide bonds. The lowest BCUT2D eigenvalue weighted by molar-refractivity contribution is -0.133. The summed E-state index contributed by atoms with van der Waals surface area (Å²) < 4.78 is 0. The number of benzene rings is 1. The Morgan fingerprint density at radius 1 is 1.27 bits per heavy atom. The number of carbonyl (C=O) groups is 1. The summed E-state index contributed by atoms with van der Waals surface area (Å²) in [5.74, 6) is 0.163. The molecule has 1 N–H and O–H groups in total. The van der Waals surface area contributed by atoms with E-state index in [1.54, 1.807) is 6.08 Å². The fourth-order valence-corrected chi connectivity index (χ4v) is 3.41. The highest BCUT2D eigenvalue weighted by Crippen LogP contribution is 2.35. The maximum Gasteiger partial charge on any atom is 0.331 e. The van der Waals surface area contributed by atoms with Crippen molar-refractivity contribution >= 4 is 5.97 Å². The molecule has 1 aromatic rings. The second kappa shape index (κ2) is 7.79. The Labute approximate surface area is 132 Å². The highest BCUT2D eigenvalue weighted by molar-refractivity contribution is 5.87. The lowest BCUT2D eigenvalue weighted by Crippen LogP contribution is -2.20. The van der Waals surface area contributed by atoms with Crippen LogP contribution in [-0.4, -0.2) is 11.1 Å². The smallest absolute Gasteiger partial charge is 0.331 e. The third-order valence-electron chi connectivity index (χ3n) is 4.77. The van der Waals surface area contributed by atoms with Crippen LogP contribution in [0.25, 0.3) is 0 Å². The predicted octanol–water partition coefficient (Wildman–Crippen LogP) is 4.33. The topological polar surface area (TPSA) is 61.1 Å². The van der Waals surface area contributed by atoms with Gasteiger partial charge in [-0.15, -0.1) is 0 Å². The molecule has 2 rings (SSSR count). The van der Waals surface area contributed by atoms with E-state index in [1.807, 2.05) is 31.2 Å². The molecule has 0 unspecified atom stereocenters. The van der Waals surface area contributed by atoms with Crippen molar-refractivity contribution in [3.8, 4) is 6.07 Å². The number of aliphatic carboxylic acids is 1. The molecule has 1 aromatic carbocycles. The first-order chi connectivity index (χ1) is 10.6. The molecule has 0 atom stereocenters. The van der Waals surface area contributed by atoms with Gasteiger partial charge in [-0.3, -0.25) is 0 Å². The average molecular weight is 297 g/mol. The van der Waals surface area contributed by atoms with Crippen molar-refractivity contribution in [2.45, 2.75) is 45.4 Å². The first-order valence-corrected chi connectivity index (χ1v) is 8.02. The van der Waals surface area contributed by atoms with E-state index in [1.165, 1.54) is 5.56 Å². The first kappa shape index (κ1) is 16.3. The molecule has 0 heterocycles. The Morgan fingerprint density at radius 3 is 2.41 bits per heavy atom. The summed E-state index contributed by atoms with van der Waals surface area (Å²) in [6.07, 6.45) is 8.16. The van der Waals surface area contributed by atoms with Crippen LogP contribution in [-0.2, 0) is 11.2 Å². The molecule has 0 saturated heterocycles. The molecular formula is C19H23NO2. The van der Waals surface area contributed by atoms with E-state index >= 15 is 0 Å². The van der Waals surface area contributed by atoms with E-state index < -0.39 is 5.97 Å². The Hall–Kier alpha value is -2.08. The van der Waals surface area contributed by atoms with Crippen molar-refractivity contribution in [1.82, 2.24) is 0 Å². The van der Waals surface area contributed by atoms with Crippen LogP contribution in [0.2, 0.25) is 0 Å². The molecule has 3 nitrogen and oxygen atoms in total. The Balaban J connectivity index is 1.80. The number of carboxylic acid groups (broad SMARTS) is 1. The Morgan fingerprint density at radius 2 is 1.91 bits per heavy atom. The van der Waals surface area contributed by atoms with Crippen LogP contribution in [0.3, 0.4) is 0 Å². The highest BCUT2D eigenvalue weighted by Gasteiger charge is 2.26. The summed E-state index contributed by atoms with van der Waals surface area (Å²) in [7, 11) is 0. The summed E-state index contributed by atoms with van der Waals surface area (Å²) >= 11 is 0. The summed E-state index contributed by atoms with van der Waals surface area (Å²) in [6, 6.07) is 9.95. The third-order valence-corrected chi connectivity index (χ3v) is 4.77. The number of nitrogens with zero attached hydrogens (tertiary/aromatic N) is 1. The van der Waals surface area contributed by atoms with E-state index in [0.29, 0.717) is 17.1 Å². The van der Waals surface area contributed by atoms with Crippen molar-refractivity contribution in [1.29, 1.82) is 5.26 Å². The molecule has 22 heavy (non-hydrogen) atoms. The summed E-state index contributed by atoms with van der Waals surface area (Å²) in [6.45, 7) is 1.82. The standard InChI is InChI=1S/C19H23NO2/c1-2-18(19(21)22)17-11-9-15(10-12-17)4-3-14-5-7-16(13-20)8-6-14/h2,5-8,15,17H,3-4,9-12H2,1H3,(H,21,22)/t15-,17-. The number of hydrogen-bond donors (Lipinski definition) is 1. The highest BCUT2D eigenvalue weighted by atomic mass is 16.4. The molecule has 116 valence electrons. The number of hydrogen-bond acceptors (Lipinski definition) is 2. The van der Waals surface area contributed by atoms with E-state index in [4.69, 9.17) is 5.26 Å². The van der Waals surface area contributed by atoms with Crippen molar-refractivity contribution in [2.75, 3.05) is 0 Å². The molecule has 0 aliphatic heterocycles. The van der Waals surface area contributed by atoms with Gasteiger partial charge in [-0.2, -0.15) is 5.26 Å². The number of nitriles is 1. The molecule has 0 bridgehead atoms. The fourth-order valence-electron chi connectivity index (χ4n) is 3.41. The molecule has 1 saturated carbocycles. The zero-order valence-corrected chi connectivity index (χ0v) is 13.1. The Kier molecular flexibility index (Phi) is 5.77. The van der Waals surface area contributed by atoms with Crippen LogP contribution in [0.4, 0.5) is 0 Å². The maximum absolute atomic E-state index is 11.2. The van der Waals surface area contributed by atoms with Gasteiger partial charge in [-0.1, -0.05) is 18.2 Å². The maximum atomic E-state index is 11.2. The molecule has 0 radical (unpaired) electrons. The quantitative estimate of drug-likeness (QED) is 0.823. The van der Waals surface area contributed by atoms with Gasteiger partial charge in [0.15, 0.2) is 0 Å². The average Bonchev–Trinajstić information content (AvgIpc) is 2.55. The van der Waals surface area contributed by atoms with E-state index in [0.717, 1.165) is 38.5 Å². The van der Waals surface area contributed by atoms with Crippen LogP contribution >= 0.6 is 0 Å². The van der Waals surface area contributed by atoms with Gasteiger partial charge in [0.1, 0.15) is 0 Å². The van der Waals surface area contributed by atoms with Crippen LogP contribution in [0.15, 0.2) is 35.9 Å². The fraction of sp³-hybridized carbons (Fsp3) is 0.474. The molecule has 1 aliphatic carbocycles.